The number of hydrogen-bond acceptors (Lipinski definition) is 1. The van der Waals surface area contributed by atoms with Crippen molar-refractivity contribution in [3.05, 3.63) is 101 Å². The van der Waals surface area contributed by atoms with Crippen LogP contribution in [-0.4, -0.2) is 4.98 Å². The van der Waals surface area contributed by atoms with Gasteiger partial charge in [0.1, 0.15) is 0 Å². The molecule has 0 radical (unpaired) electrons. The van der Waals surface area contributed by atoms with Crippen molar-refractivity contribution in [2.24, 2.45) is 0 Å². The summed E-state index contributed by atoms with van der Waals surface area (Å²) < 4.78 is 0. The molecule has 0 bridgehead atoms. The smallest absolute Gasteiger partial charge is 0.0308 e. The van der Waals surface area contributed by atoms with Gasteiger partial charge in [-0.15, -0.1) is 0 Å². The Balaban J connectivity index is 1.77. The molecule has 0 N–H and O–H groups in total. The van der Waals surface area contributed by atoms with Gasteiger partial charge in [-0.2, -0.15) is 0 Å². The molecule has 0 amide bonds. The lowest BCUT2D eigenvalue weighted by Gasteiger charge is -2.32. The van der Waals surface area contributed by atoms with Crippen molar-refractivity contribution in [1.29, 1.82) is 0 Å². The molecule has 0 saturated carbocycles. The fourth-order valence-electron chi connectivity index (χ4n) is 3.68. The van der Waals surface area contributed by atoms with Crippen LogP contribution in [0.4, 0.5) is 0 Å². The number of hydrogen-bond donors (Lipinski definition) is 0. The molecule has 1 aliphatic carbocycles. The number of nitrogens with zero attached hydrogens (tertiary/aromatic N) is 1. The largest absolute Gasteiger partial charge is 0.264 e. The summed E-state index contributed by atoms with van der Waals surface area (Å²) >= 11 is 0. The number of benzene rings is 2. The lowest BCUT2D eigenvalue weighted by Crippen LogP contribution is -2.18. The number of aromatic nitrogens is 1. The van der Waals surface area contributed by atoms with E-state index in [1.807, 2.05) is 6.20 Å². The summed E-state index contributed by atoms with van der Waals surface area (Å²) in [5, 5.41) is 0. The molecule has 0 unspecified atom stereocenters. The molecule has 1 heterocycles. The maximum atomic E-state index is 4.37. The normalized spacial score (nSPS) is 20.4. The molecule has 22 heavy (non-hydrogen) atoms. The Hall–Kier alpha value is -2.41. The molecule has 3 aromatic rings. The fourth-order valence-corrected chi connectivity index (χ4v) is 3.68. The molecule has 0 saturated heterocycles. The van der Waals surface area contributed by atoms with E-state index in [4.69, 9.17) is 0 Å². The van der Waals surface area contributed by atoms with Gasteiger partial charge in [0.05, 0.1) is 0 Å². The predicted molar refractivity (Wildman–Crippen MR) is 90.0 cm³/mol. The first-order valence-electron chi connectivity index (χ1n) is 7.94. The van der Waals surface area contributed by atoms with Gasteiger partial charge in [-0.05, 0) is 47.1 Å². The number of pyridine rings is 1. The summed E-state index contributed by atoms with van der Waals surface area (Å²) in [5.74, 6) is 1.03. The molecular formula is C21H19N. The highest BCUT2D eigenvalue weighted by atomic mass is 14.6. The zero-order valence-electron chi connectivity index (χ0n) is 12.5. The number of rotatable bonds is 2. The molecule has 0 fully saturated rings. The van der Waals surface area contributed by atoms with Gasteiger partial charge in [0.25, 0.3) is 0 Å². The van der Waals surface area contributed by atoms with Crippen LogP contribution in [0, 0.1) is 0 Å². The van der Waals surface area contributed by atoms with Crippen LogP contribution < -0.4 is 0 Å². The maximum Gasteiger partial charge on any atom is 0.0308 e. The minimum absolute atomic E-state index is 0.448. The maximum absolute atomic E-state index is 4.37. The highest BCUT2D eigenvalue weighted by molar-refractivity contribution is 5.41. The first kappa shape index (κ1) is 13.3. The molecule has 0 aliphatic heterocycles. The first-order chi connectivity index (χ1) is 10.9. The average Bonchev–Trinajstić information content (AvgIpc) is 2.62. The quantitative estimate of drug-likeness (QED) is 0.649. The molecule has 2 atom stereocenters. The second kappa shape index (κ2) is 5.76. The van der Waals surface area contributed by atoms with E-state index in [-0.39, 0.29) is 0 Å². The topological polar surface area (TPSA) is 12.9 Å². The first-order valence-corrected chi connectivity index (χ1v) is 7.94. The van der Waals surface area contributed by atoms with Crippen LogP contribution in [-0.2, 0) is 6.42 Å². The molecule has 2 aromatic carbocycles. The molecule has 0 spiro atoms. The minimum atomic E-state index is 0.448. The Bertz CT molecular complexity index is 749. The van der Waals surface area contributed by atoms with E-state index in [1.165, 1.54) is 22.3 Å². The molecule has 1 aliphatic rings. The van der Waals surface area contributed by atoms with E-state index in [0.29, 0.717) is 11.8 Å². The van der Waals surface area contributed by atoms with E-state index in [0.717, 1.165) is 12.8 Å². The third-order valence-electron chi connectivity index (χ3n) is 4.78. The van der Waals surface area contributed by atoms with Gasteiger partial charge < -0.3 is 0 Å². The van der Waals surface area contributed by atoms with Crippen LogP contribution in [0.2, 0.25) is 0 Å². The zero-order valence-corrected chi connectivity index (χ0v) is 12.5. The molecular weight excluding hydrogens is 266 g/mol. The van der Waals surface area contributed by atoms with E-state index in [9.17, 15) is 0 Å². The van der Waals surface area contributed by atoms with Gasteiger partial charge in [-0.25, -0.2) is 0 Å². The van der Waals surface area contributed by atoms with E-state index >= 15 is 0 Å². The predicted octanol–water partition coefficient (Wildman–Crippen LogP) is 4.94. The Morgan fingerprint density at radius 1 is 0.773 bits per heavy atom. The van der Waals surface area contributed by atoms with Gasteiger partial charge >= 0.3 is 0 Å². The average molecular weight is 285 g/mol. The third-order valence-corrected chi connectivity index (χ3v) is 4.78. The van der Waals surface area contributed by atoms with Crippen molar-refractivity contribution in [1.82, 2.24) is 4.98 Å². The van der Waals surface area contributed by atoms with E-state index in [2.05, 4.69) is 77.9 Å². The van der Waals surface area contributed by atoms with Crippen LogP contribution >= 0.6 is 0 Å². The second-order valence-electron chi connectivity index (χ2n) is 6.09. The van der Waals surface area contributed by atoms with E-state index in [1.54, 1.807) is 0 Å². The van der Waals surface area contributed by atoms with Gasteiger partial charge in [-0.1, -0.05) is 60.7 Å². The van der Waals surface area contributed by atoms with Crippen LogP contribution in [0.25, 0.3) is 0 Å². The van der Waals surface area contributed by atoms with Gasteiger partial charge in [0.15, 0.2) is 0 Å². The van der Waals surface area contributed by atoms with Crippen molar-refractivity contribution < 1.29 is 0 Å². The standard InChI is InChI=1S/C21H19N/c1-3-7-16(8-4-1)19-13-18-11-12-22-15-21(18)20(14-19)17-9-5-2-6-10-17/h1-12,15,19-20H,13-14H2/t19-,20-/m1/s1. The SMILES string of the molecule is c1ccc([C@@H]2Cc3ccncc3[C@@H](c3ccccc3)C2)cc1. The van der Waals surface area contributed by atoms with Crippen molar-refractivity contribution in [3.63, 3.8) is 0 Å². The summed E-state index contributed by atoms with van der Waals surface area (Å²) in [7, 11) is 0. The molecule has 4 rings (SSSR count). The lowest BCUT2D eigenvalue weighted by atomic mass is 9.72. The Morgan fingerprint density at radius 3 is 2.18 bits per heavy atom. The monoisotopic (exact) mass is 285 g/mol. The Labute approximate surface area is 131 Å². The molecule has 108 valence electrons. The van der Waals surface area contributed by atoms with Crippen molar-refractivity contribution >= 4 is 0 Å². The van der Waals surface area contributed by atoms with Gasteiger partial charge in [-0.3, -0.25) is 4.98 Å². The highest BCUT2D eigenvalue weighted by Gasteiger charge is 2.28. The summed E-state index contributed by atoms with van der Waals surface area (Å²) in [4.78, 5) is 4.37. The molecule has 1 heteroatoms. The van der Waals surface area contributed by atoms with Gasteiger partial charge in [0.2, 0.25) is 0 Å². The molecule has 1 nitrogen and oxygen atoms in total. The fraction of sp³-hybridized carbons (Fsp3) is 0.190. The van der Waals surface area contributed by atoms with Crippen LogP contribution in [0.3, 0.4) is 0 Å². The van der Waals surface area contributed by atoms with Gasteiger partial charge in [0, 0.05) is 18.3 Å². The lowest BCUT2D eigenvalue weighted by molar-refractivity contribution is 0.534. The zero-order chi connectivity index (χ0) is 14.8. The summed E-state index contributed by atoms with van der Waals surface area (Å²) in [5.41, 5.74) is 5.70. The Kier molecular flexibility index (Phi) is 3.48. The van der Waals surface area contributed by atoms with Crippen LogP contribution in [0.15, 0.2) is 79.1 Å². The van der Waals surface area contributed by atoms with Crippen molar-refractivity contribution in [2.45, 2.75) is 24.7 Å². The number of fused-ring (bicyclic) bond motifs is 1. The highest BCUT2D eigenvalue weighted by Crippen LogP contribution is 2.42. The van der Waals surface area contributed by atoms with Crippen molar-refractivity contribution in [3.8, 4) is 0 Å². The van der Waals surface area contributed by atoms with Crippen LogP contribution in [0.5, 0.6) is 0 Å². The summed E-state index contributed by atoms with van der Waals surface area (Å²) in [6.45, 7) is 0. The van der Waals surface area contributed by atoms with Crippen molar-refractivity contribution in [2.75, 3.05) is 0 Å². The summed E-state index contributed by atoms with van der Waals surface area (Å²) in [6, 6.07) is 24.0. The molecule has 1 aromatic heterocycles. The minimum Gasteiger partial charge on any atom is -0.264 e. The van der Waals surface area contributed by atoms with E-state index < -0.39 is 0 Å². The third kappa shape index (κ3) is 2.43. The Morgan fingerprint density at radius 2 is 1.45 bits per heavy atom. The summed E-state index contributed by atoms with van der Waals surface area (Å²) in [6.07, 6.45) is 6.26. The van der Waals surface area contributed by atoms with Crippen LogP contribution in [0.1, 0.15) is 40.5 Å². The second-order valence-corrected chi connectivity index (χ2v) is 6.09.